The lowest BCUT2D eigenvalue weighted by atomic mass is 10.2. The third-order valence-corrected chi connectivity index (χ3v) is 2.21. The van der Waals surface area contributed by atoms with E-state index in [4.69, 9.17) is 14.9 Å². The zero-order valence-electron chi connectivity index (χ0n) is 9.64. The van der Waals surface area contributed by atoms with Crippen LogP contribution in [0.2, 0.25) is 0 Å². The van der Waals surface area contributed by atoms with Crippen molar-refractivity contribution in [2.75, 3.05) is 12.3 Å². The first-order chi connectivity index (χ1) is 8.61. The highest BCUT2D eigenvalue weighted by molar-refractivity contribution is 5.92. The van der Waals surface area contributed by atoms with Crippen molar-refractivity contribution in [3.8, 4) is 11.5 Å². The molecule has 18 heavy (non-hydrogen) atoms. The average molecular weight is 250 g/mol. The van der Waals surface area contributed by atoms with E-state index in [-0.39, 0.29) is 29.9 Å². The first kappa shape index (κ1) is 12.1. The second-order valence-corrected chi connectivity index (χ2v) is 3.46. The van der Waals surface area contributed by atoms with Gasteiger partial charge >= 0.3 is 5.97 Å². The van der Waals surface area contributed by atoms with Crippen molar-refractivity contribution in [1.29, 1.82) is 0 Å². The van der Waals surface area contributed by atoms with Gasteiger partial charge in [0.1, 0.15) is 5.82 Å². The Hall–Kier alpha value is -2.37. The Kier molecular flexibility index (Phi) is 3.27. The van der Waals surface area contributed by atoms with Crippen molar-refractivity contribution in [1.82, 2.24) is 4.98 Å². The van der Waals surface area contributed by atoms with Crippen molar-refractivity contribution in [3.63, 3.8) is 0 Å². The third-order valence-electron chi connectivity index (χ3n) is 2.21. The second-order valence-electron chi connectivity index (χ2n) is 3.46. The Bertz CT molecular complexity index is 563. The summed E-state index contributed by atoms with van der Waals surface area (Å²) in [4.78, 5) is 15.4. The number of halogens is 1. The van der Waals surface area contributed by atoms with Gasteiger partial charge in [0.05, 0.1) is 6.61 Å². The Morgan fingerprint density at radius 2 is 2.11 bits per heavy atom. The SMILES string of the molecule is CCOC(=O)c1nc(-c2ccc(F)cc2)oc1N. The van der Waals surface area contributed by atoms with Crippen LogP contribution in [0.25, 0.3) is 11.5 Å². The number of hydrogen-bond donors (Lipinski definition) is 1. The number of rotatable bonds is 3. The maximum Gasteiger partial charge on any atom is 0.362 e. The van der Waals surface area contributed by atoms with Gasteiger partial charge in [0.15, 0.2) is 0 Å². The zero-order chi connectivity index (χ0) is 13.1. The molecule has 0 aliphatic carbocycles. The van der Waals surface area contributed by atoms with Crippen LogP contribution in [0.1, 0.15) is 17.4 Å². The van der Waals surface area contributed by atoms with Crippen LogP contribution in [0.5, 0.6) is 0 Å². The molecule has 2 rings (SSSR count). The molecule has 0 unspecified atom stereocenters. The van der Waals surface area contributed by atoms with Gasteiger partial charge in [-0.2, -0.15) is 4.98 Å². The molecule has 0 radical (unpaired) electrons. The fourth-order valence-electron chi connectivity index (χ4n) is 1.39. The van der Waals surface area contributed by atoms with Gasteiger partial charge in [0.25, 0.3) is 0 Å². The molecule has 94 valence electrons. The molecule has 0 aliphatic rings. The van der Waals surface area contributed by atoms with Crippen molar-refractivity contribution in [3.05, 3.63) is 35.8 Å². The molecule has 0 atom stereocenters. The Morgan fingerprint density at radius 1 is 1.44 bits per heavy atom. The smallest absolute Gasteiger partial charge is 0.362 e. The van der Waals surface area contributed by atoms with Crippen LogP contribution in [-0.2, 0) is 4.74 Å². The van der Waals surface area contributed by atoms with Crippen LogP contribution < -0.4 is 5.73 Å². The Morgan fingerprint density at radius 3 is 2.72 bits per heavy atom. The molecule has 6 heteroatoms. The van der Waals surface area contributed by atoms with Gasteiger partial charge in [-0.15, -0.1) is 0 Å². The molecular weight excluding hydrogens is 239 g/mol. The molecule has 0 saturated carbocycles. The largest absolute Gasteiger partial charge is 0.461 e. The molecular formula is C12H11FN2O3. The van der Waals surface area contributed by atoms with Crippen LogP contribution in [0.4, 0.5) is 10.3 Å². The van der Waals surface area contributed by atoms with E-state index in [1.807, 2.05) is 0 Å². The van der Waals surface area contributed by atoms with Crippen LogP contribution in [0.15, 0.2) is 28.7 Å². The molecule has 2 N–H and O–H groups in total. The zero-order valence-corrected chi connectivity index (χ0v) is 9.64. The highest BCUT2D eigenvalue weighted by Gasteiger charge is 2.19. The molecule has 2 aromatic rings. The quantitative estimate of drug-likeness (QED) is 0.845. The highest BCUT2D eigenvalue weighted by atomic mass is 19.1. The summed E-state index contributed by atoms with van der Waals surface area (Å²) in [6, 6.07) is 5.49. The Labute approximate surface area is 102 Å². The molecule has 1 heterocycles. The van der Waals surface area contributed by atoms with E-state index >= 15 is 0 Å². The summed E-state index contributed by atoms with van der Waals surface area (Å²) in [5.41, 5.74) is 5.99. The number of nitrogens with two attached hydrogens (primary N) is 1. The lowest BCUT2D eigenvalue weighted by molar-refractivity contribution is 0.0521. The summed E-state index contributed by atoms with van der Waals surface area (Å²) in [6.45, 7) is 1.89. The average Bonchev–Trinajstić information content (AvgIpc) is 2.72. The van der Waals surface area contributed by atoms with Crippen molar-refractivity contribution in [2.24, 2.45) is 0 Å². The molecule has 0 spiro atoms. The van der Waals surface area contributed by atoms with E-state index in [0.29, 0.717) is 5.56 Å². The number of hydrogen-bond acceptors (Lipinski definition) is 5. The number of nitrogens with zero attached hydrogens (tertiary/aromatic N) is 1. The number of nitrogen functional groups attached to an aromatic ring is 1. The summed E-state index contributed by atoms with van der Waals surface area (Å²) in [7, 11) is 0. The lowest BCUT2D eigenvalue weighted by Crippen LogP contribution is -2.07. The van der Waals surface area contributed by atoms with Crippen LogP contribution in [0, 0.1) is 5.82 Å². The molecule has 0 fully saturated rings. The number of anilines is 1. The number of aromatic nitrogens is 1. The van der Waals surface area contributed by atoms with E-state index in [1.165, 1.54) is 24.3 Å². The van der Waals surface area contributed by atoms with Gasteiger partial charge in [0.2, 0.25) is 17.5 Å². The maximum atomic E-state index is 12.8. The van der Waals surface area contributed by atoms with Crippen molar-refractivity contribution < 1.29 is 18.3 Å². The minimum atomic E-state index is -0.646. The van der Waals surface area contributed by atoms with Gasteiger partial charge < -0.3 is 14.9 Å². The highest BCUT2D eigenvalue weighted by Crippen LogP contribution is 2.24. The van der Waals surface area contributed by atoms with Gasteiger partial charge in [-0.1, -0.05) is 0 Å². The number of esters is 1. The van der Waals surface area contributed by atoms with Gasteiger partial charge in [-0.3, -0.25) is 0 Å². The van der Waals surface area contributed by atoms with E-state index in [1.54, 1.807) is 6.92 Å². The molecule has 5 nitrogen and oxygen atoms in total. The molecule has 1 aromatic carbocycles. The fraction of sp³-hybridized carbons (Fsp3) is 0.167. The van der Waals surface area contributed by atoms with Crippen molar-refractivity contribution in [2.45, 2.75) is 6.92 Å². The number of carbonyl (C=O) groups is 1. The Balaban J connectivity index is 2.34. The maximum absolute atomic E-state index is 12.8. The van der Waals surface area contributed by atoms with Gasteiger partial charge in [-0.05, 0) is 31.2 Å². The summed E-state index contributed by atoms with van der Waals surface area (Å²) < 4.78 is 22.7. The molecule has 0 amide bonds. The summed E-state index contributed by atoms with van der Waals surface area (Å²) >= 11 is 0. The predicted octanol–water partition coefficient (Wildman–Crippen LogP) is 2.24. The second kappa shape index (κ2) is 4.87. The van der Waals surface area contributed by atoms with Crippen molar-refractivity contribution >= 4 is 11.9 Å². The minimum absolute atomic E-state index is 0.0730. The normalized spacial score (nSPS) is 10.3. The number of oxazole rings is 1. The number of ether oxygens (including phenoxy) is 1. The summed E-state index contributed by atoms with van der Waals surface area (Å²) in [6.07, 6.45) is 0. The standard InChI is InChI=1S/C12H11FN2O3/c1-2-17-12(16)9-10(14)18-11(15-9)7-3-5-8(13)6-4-7/h3-6H,2,14H2,1H3. The van der Waals surface area contributed by atoms with Crippen LogP contribution >= 0.6 is 0 Å². The first-order valence-corrected chi connectivity index (χ1v) is 5.31. The topological polar surface area (TPSA) is 78.3 Å². The van der Waals surface area contributed by atoms with E-state index in [0.717, 1.165) is 0 Å². The van der Waals surface area contributed by atoms with Gasteiger partial charge in [0, 0.05) is 5.56 Å². The molecule has 0 bridgehead atoms. The van der Waals surface area contributed by atoms with E-state index in [9.17, 15) is 9.18 Å². The summed E-state index contributed by atoms with van der Waals surface area (Å²) in [5.74, 6) is -0.987. The molecule has 0 saturated heterocycles. The monoisotopic (exact) mass is 250 g/mol. The van der Waals surface area contributed by atoms with Gasteiger partial charge in [-0.25, -0.2) is 9.18 Å². The number of benzene rings is 1. The predicted molar refractivity (Wildman–Crippen MR) is 62.3 cm³/mol. The molecule has 1 aromatic heterocycles. The number of carbonyl (C=O) groups excluding carboxylic acids is 1. The van der Waals surface area contributed by atoms with Crippen LogP contribution in [-0.4, -0.2) is 17.6 Å². The van der Waals surface area contributed by atoms with Crippen LogP contribution in [0.3, 0.4) is 0 Å². The van der Waals surface area contributed by atoms with E-state index in [2.05, 4.69) is 4.98 Å². The van der Waals surface area contributed by atoms with E-state index < -0.39 is 5.97 Å². The minimum Gasteiger partial charge on any atom is -0.461 e. The lowest BCUT2D eigenvalue weighted by Gasteiger charge is -1.96. The first-order valence-electron chi connectivity index (χ1n) is 5.31. The molecule has 0 aliphatic heterocycles. The fourth-order valence-corrected chi connectivity index (χ4v) is 1.39. The summed E-state index contributed by atoms with van der Waals surface area (Å²) in [5, 5.41) is 0. The third kappa shape index (κ3) is 2.32.